The standard InChI is InChI=1S/C33H43N3O5S2/c1-5-8-23-34-33(38)31(6-2)35(24-22-26-12-10-9-11-13-26)32(37)25-36(27-14-16-28(17-15-27)41-7-3)43(39,40)30-20-18-29(42-4)19-21-30/h9-21,31H,5-8,22-25H2,1-4H3,(H,34,38). The van der Waals surface area contributed by atoms with E-state index in [1.807, 2.05) is 57.4 Å². The predicted molar refractivity (Wildman–Crippen MR) is 174 cm³/mol. The minimum atomic E-state index is -4.13. The monoisotopic (exact) mass is 625 g/mol. The first-order chi connectivity index (χ1) is 20.7. The van der Waals surface area contributed by atoms with Crippen molar-refractivity contribution in [3.05, 3.63) is 84.4 Å². The van der Waals surface area contributed by atoms with Crippen LogP contribution in [0, 0.1) is 0 Å². The van der Waals surface area contributed by atoms with Crippen LogP contribution in [0.1, 0.15) is 45.6 Å². The number of nitrogens with one attached hydrogen (secondary N) is 1. The lowest BCUT2D eigenvalue weighted by Crippen LogP contribution is -2.53. The fourth-order valence-electron chi connectivity index (χ4n) is 4.68. The SMILES string of the molecule is CCCCNC(=O)C(CC)N(CCc1ccccc1)C(=O)CN(c1ccc(OCC)cc1)S(=O)(=O)c1ccc(SC)cc1. The van der Waals surface area contributed by atoms with Crippen molar-refractivity contribution >= 4 is 39.3 Å². The van der Waals surface area contributed by atoms with Crippen LogP contribution in [0.3, 0.4) is 0 Å². The van der Waals surface area contributed by atoms with Crippen LogP contribution in [0.25, 0.3) is 0 Å². The number of amides is 2. The van der Waals surface area contributed by atoms with Gasteiger partial charge in [-0.25, -0.2) is 8.42 Å². The molecule has 0 saturated heterocycles. The molecule has 1 unspecified atom stereocenters. The number of carbonyl (C=O) groups excluding carboxylic acids is 2. The van der Waals surface area contributed by atoms with E-state index in [1.165, 1.54) is 16.7 Å². The topological polar surface area (TPSA) is 96.0 Å². The van der Waals surface area contributed by atoms with Gasteiger partial charge in [0, 0.05) is 18.0 Å². The number of carbonyl (C=O) groups is 2. The molecule has 1 atom stereocenters. The highest BCUT2D eigenvalue weighted by Crippen LogP contribution is 2.28. The molecule has 2 amide bonds. The van der Waals surface area contributed by atoms with E-state index in [0.717, 1.165) is 27.6 Å². The van der Waals surface area contributed by atoms with Crippen molar-refractivity contribution in [2.75, 3.05) is 36.8 Å². The van der Waals surface area contributed by atoms with Crippen molar-refractivity contribution in [1.82, 2.24) is 10.2 Å². The van der Waals surface area contributed by atoms with E-state index in [9.17, 15) is 18.0 Å². The number of sulfonamides is 1. The second kappa shape index (κ2) is 17.0. The van der Waals surface area contributed by atoms with Crippen LogP contribution in [-0.4, -0.2) is 63.7 Å². The van der Waals surface area contributed by atoms with Gasteiger partial charge >= 0.3 is 0 Å². The molecule has 0 saturated carbocycles. The predicted octanol–water partition coefficient (Wildman–Crippen LogP) is 5.77. The van der Waals surface area contributed by atoms with Crippen LogP contribution in [0.4, 0.5) is 5.69 Å². The highest BCUT2D eigenvalue weighted by molar-refractivity contribution is 7.98. The zero-order valence-electron chi connectivity index (χ0n) is 25.5. The zero-order valence-corrected chi connectivity index (χ0v) is 27.1. The summed E-state index contributed by atoms with van der Waals surface area (Å²) in [5, 5.41) is 2.96. The first-order valence-corrected chi connectivity index (χ1v) is 17.4. The summed E-state index contributed by atoms with van der Waals surface area (Å²) in [6.45, 7) is 6.57. The number of rotatable bonds is 17. The van der Waals surface area contributed by atoms with E-state index < -0.39 is 28.5 Å². The van der Waals surface area contributed by atoms with Gasteiger partial charge in [0.2, 0.25) is 11.8 Å². The average Bonchev–Trinajstić information content (AvgIpc) is 3.03. The number of hydrogen-bond donors (Lipinski definition) is 1. The molecule has 3 aromatic rings. The first-order valence-electron chi connectivity index (χ1n) is 14.8. The molecule has 0 aromatic heterocycles. The van der Waals surface area contributed by atoms with Crippen LogP contribution in [-0.2, 0) is 26.0 Å². The van der Waals surface area contributed by atoms with Gasteiger partial charge in [-0.05, 0) is 86.5 Å². The van der Waals surface area contributed by atoms with Crippen LogP contribution >= 0.6 is 11.8 Å². The summed E-state index contributed by atoms with van der Waals surface area (Å²) in [5.74, 6) is -0.0920. The Balaban J connectivity index is 2.00. The summed E-state index contributed by atoms with van der Waals surface area (Å²) < 4.78 is 34.8. The summed E-state index contributed by atoms with van der Waals surface area (Å²) in [6, 6.07) is 22.2. The maximum absolute atomic E-state index is 14.1. The number of unbranched alkanes of at least 4 members (excludes halogenated alkanes) is 1. The van der Waals surface area contributed by atoms with E-state index >= 15 is 0 Å². The van der Waals surface area contributed by atoms with Gasteiger partial charge in [-0.3, -0.25) is 13.9 Å². The zero-order chi connectivity index (χ0) is 31.2. The van der Waals surface area contributed by atoms with Gasteiger partial charge in [-0.15, -0.1) is 11.8 Å². The Morgan fingerprint density at radius 3 is 2.19 bits per heavy atom. The fourth-order valence-corrected chi connectivity index (χ4v) is 6.50. The van der Waals surface area contributed by atoms with Crippen molar-refractivity contribution in [2.24, 2.45) is 0 Å². The maximum Gasteiger partial charge on any atom is 0.264 e. The Hall–Kier alpha value is -3.50. The molecular formula is C33H43N3O5S2. The smallest absolute Gasteiger partial charge is 0.264 e. The number of ether oxygens (including phenoxy) is 1. The highest BCUT2D eigenvalue weighted by atomic mass is 32.2. The third-order valence-electron chi connectivity index (χ3n) is 7.06. The average molecular weight is 626 g/mol. The number of thioether (sulfide) groups is 1. The Bertz CT molecular complexity index is 1400. The van der Waals surface area contributed by atoms with Gasteiger partial charge in [0.1, 0.15) is 18.3 Å². The van der Waals surface area contributed by atoms with Crippen molar-refractivity contribution in [1.29, 1.82) is 0 Å². The molecule has 0 fully saturated rings. The van der Waals surface area contributed by atoms with Gasteiger partial charge in [0.05, 0.1) is 17.2 Å². The summed E-state index contributed by atoms with van der Waals surface area (Å²) >= 11 is 1.51. The maximum atomic E-state index is 14.1. The second-order valence-electron chi connectivity index (χ2n) is 10.0. The minimum Gasteiger partial charge on any atom is -0.494 e. The van der Waals surface area contributed by atoms with E-state index in [1.54, 1.807) is 48.5 Å². The van der Waals surface area contributed by atoms with Gasteiger partial charge in [-0.2, -0.15) is 0 Å². The van der Waals surface area contributed by atoms with Crippen LogP contribution in [0.15, 0.2) is 88.7 Å². The third-order valence-corrected chi connectivity index (χ3v) is 9.59. The molecule has 0 aliphatic carbocycles. The van der Waals surface area contributed by atoms with Crippen LogP contribution in [0.2, 0.25) is 0 Å². The van der Waals surface area contributed by atoms with E-state index in [4.69, 9.17) is 4.74 Å². The van der Waals surface area contributed by atoms with Crippen molar-refractivity contribution in [3.8, 4) is 5.75 Å². The fraction of sp³-hybridized carbons (Fsp3) is 0.394. The molecule has 0 aliphatic rings. The third kappa shape index (κ3) is 9.49. The highest BCUT2D eigenvalue weighted by Gasteiger charge is 2.33. The quantitative estimate of drug-likeness (QED) is 0.151. The second-order valence-corrected chi connectivity index (χ2v) is 12.7. The Kier molecular flexibility index (Phi) is 13.4. The Morgan fingerprint density at radius 2 is 1.60 bits per heavy atom. The molecule has 0 spiro atoms. The largest absolute Gasteiger partial charge is 0.494 e. The summed E-state index contributed by atoms with van der Waals surface area (Å²) in [4.78, 5) is 30.0. The molecule has 0 aliphatic heterocycles. The molecular weight excluding hydrogens is 583 g/mol. The van der Waals surface area contributed by atoms with E-state index in [0.29, 0.717) is 37.4 Å². The normalized spacial score (nSPS) is 11.9. The first kappa shape index (κ1) is 34.0. The van der Waals surface area contributed by atoms with Gasteiger partial charge in [-0.1, -0.05) is 50.6 Å². The number of nitrogens with zero attached hydrogens (tertiary/aromatic N) is 2. The molecule has 0 heterocycles. The Morgan fingerprint density at radius 1 is 0.930 bits per heavy atom. The lowest BCUT2D eigenvalue weighted by atomic mass is 10.1. The molecule has 3 rings (SSSR count). The van der Waals surface area contributed by atoms with Crippen molar-refractivity contribution < 1.29 is 22.7 Å². The van der Waals surface area contributed by atoms with Crippen molar-refractivity contribution in [3.63, 3.8) is 0 Å². The lowest BCUT2D eigenvalue weighted by Gasteiger charge is -2.33. The minimum absolute atomic E-state index is 0.0761. The molecule has 8 nitrogen and oxygen atoms in total. The molecule has 43 heavy (non-hydrogen) atoms. The number of hydrogen-bond acceptors (Lipinski definition) is 6. The van der Waals surface area contributed by atoms with Gasteiger partial charge in [0.15, 0.2) is 0 Å². The van der Waals surface area contributed by atoms with E-state index in [-0.39, 0.29) is 17.3 Å². The summed E-state index contributed by atoms with van der Waals surface area (Å²) in [6.07, 6.45) is 4.60. The Labute approximate surface area is 260 Å². The molecule has 1 N–H and O–H groups in total. The number of anilines is 1. The lowest BCUT2D eigenvalue weighted by molar-refractivity contribution is -0.139. The molecule has 3 aromatic carbocycles. The summed E-state index contributed by atoms with van der Waals surface area (Å²) in [5.41, 5.74) is 1.35. The molecule has 0 bridgehead atoms. The summed E-state index contributed by atoms with van der Waals surface area (Å²) in [7, 11) is -4.13. The van der Waals surface area contributed by atoms with Crippen molar-refractivity contribution in [2.45, 2.75) is 62.3 Å². The van der Waals surface area contributed by atoms with Crippen LogP contribution in [0.5, 0.6) is 5.75 Å². The van der Waals surface area contributed by atoms with Crippen LogP contribution < -0.4 is 14.4 Å². The molecule has 0 radical (unpaired) electrons. The molecule has 10 heteroatoms. The molecule has 232 valence electrons. The van der Waals surface area contributed by atoms with Gasteiger partial charge in [0.25, 0.3) is 10.0 Å². The van der Waals surface area contributed by atoms with E-state index in [2.05, 4.69) is 5.32 Å². The number of benzene rings is 3. The van der Waals surface area contributed by atoms with Gasteiger partial charge < -0.3 is 15.0 Å².